The molecule has 35 heavy (non-hydrogen) atoms. The van der Waals surface area contributed by atoms with Crippen LogP contribution in [0.25, 0.3) is 0 Å². The van der Waals surface area contributed by atoms with E-state index in [-0.39, 0.29) is 17.3 Å². The molecular weight excluding hydrogens is 550 g/mol. The minimum Gasteiger partial charge on any atom is -0.368 e. The van der Waals surface area contributed by atoms with E-state index in [0.29, 0.717) is 36.9 Å². The van der Waals surface area contributed by atoms with Crippen LogP contribution in [0, 0.1) is 13.8 Å². The van der Waals surface area contributed by atoms with Crippen LogP contribution < -0.4 is 9.21 Å². The molecule has 184 valence electrons. The van der Waals surface area contributed by atoms with Crippen LogP contribution in [-0.2, 0) is 14.8 Å². The molecule has 1 saturated heterocycles. The molecule has 1 amide bonds. The van der Waals surface area contributed by atoms with Crippen LogP contribution in [0.1, 0.15) is 11.1 Å². The molecule has 0 N–H and O–H groups in total. The molecule has 0 aromatic heterocycles. The van der Waals surface area contributed by atoms with Crippen molar-refractivity contribution in [3.05, 3.63) is 87.4 Å². The summed E-state index contributed by atoms with van der Waals surface area (Å²) in [5.41, 5.74) is 3.57. The zero-order chi connectivity index (χ0) is 25.2. The van der Waals surface area contributed by atoms with Gasteiger partial charge in [0, 0.05) is 41.4 Å². The molecule has 1 fully saturated rings. The first-order chi connectivity index (χ1) is 16.6. The number of amides is 1. The molecule has 3 aromatic rings. The van der Waals surface area contributed by atoms with E-state index in [1.54, 1.807) is 47.4 Å². The van der Waals surface area contributed by atoms with Gasteiger partial charge < -0.3 is 9.80 Å². The highest BCUT2D eigenvalue weighted by atomic mass is 79.9. The van der Waals surface area contributed by atoms with Crippen molar-refractivity contribution in [3.63, 3.8) is 0 Å². The monoisotopic (exact) mass is 575 g/mol. The lowest BCUT2D eigenvalue weighted by Crippen LogP contribution is -2.52. The number of halogens is 2. The van der Waals surface area contributed by atoms with Gasteiger partial charge in [-0.25, -0.2) is 8.42 Å². The van der Waals surface area contributed by atoms with E-state index in [4.69, 9.17) is 11.6 Å². The summed E-state index contributed by atoms with van der Waals surface area (Å²) in [6.45, 7) is 5.96. The van der Waals surface area contributed by atoms with Gasteiger partial charge in [0.25, 0.3) is 10.0 Å². The molecule has 6 nitrogen and oxygen atoms in total. The number of sulfonamides is 1. The molecule has 1 aliphatic heterocycles. The Balaban J connectivity index is 1.54. The number of carbonyl (C=O) groups is 1. The lowest BCUT2D eigenvalue weighted by Gasteiger charge is -2.37. The number of benzene rings is 3. The third-order valence-electron chi connectivity index (χ3n) is 6.13. The topological polar surface area (TPSA) is 60.9 Å². The fourth-order valence-corrected chi connectivity index (χ4v) is 6.09. The van der Waals surface area contributed by atoms with E-state index in [1.807, 2.05) is 38.1 Å². The van der Waals surface area contributed by atoms with Crippen LogP contribution in [-0.4, -0.2) is 51.9 Å². The lowest BCUT2D eigenvalue weighted by molar-refractivity contribution is -0.129. The van der Waals surface area contributed by atoms with Crippen LogP contribution in [0.15, 0.2) is 76.1 Å². The molecule has 4 rings (SSSR count). The number of rotatable bonds is 6. The van der Waals surface area contributed by atoms with E-state index in [2.05, 4.69) is 20.8 Å². The lowest BCUT2D eigenvalue weighted by atomic mass is 10.1. The second kappa shape index (κ2) is 10.6. The molecule has 3 aromatic carbocycles. The van der Waals surface area contributed by atoms with Crippen LogP contribution in [0.3, 0.4) is 0 Å². The quantitative estimate of drug-likeness (QED) is 0.402. The number of piperazine rings is 1. The van der Waals surface area contributed by atoms with Crippen molar-refractivity contribution in [2.75, 3.05) is 41.9 Å². The number of carbonyl (C=O) groups excluding carboxylic acids is 1. The maximum absolute atomic E-state index is 13.6. The van der Waals surface area contributed by atoms with Crippen molar-refractivity contribution in [1.82, 2.24) is 4.90 Å². The normalized spacial score (nSPS) is 14.2. The minimum absolute atomic E-state index is 0.150. The zero-order valence-electron chi connectivity index (χ0n) is 19.6. The Morgan fingerprint density at radius 3 is 2.31 bits per heavy atom. The summed E-state index contributed by atoms with van der Waals surface area (Å²) in [4.78, 5) is 17.4. The standard InChI is InChI=1S/C26H27BrClN3O3S/c1-19-6-10-24(11-7-19)35(33,34)31(23-5-3-4-21(27)16-23)18-26(32)30-14-12-29(13-15-30)25-17-22(28)9-8-20(25)2/h3-11,16-17H,12-15,18H2,1-2H3. The number of anilines is 2. The van der Waals surface area contributed by atoms with Gasteiger partial charge in [-0.15, -0.1) is 0 Å². The van der Waals surface area contributed by atoms with E-state index in [0.717, 1.165) is 21.3 Å². The smallest absolute Gasteiger partial charge is 0.264 e. The first-order valence-corrected chi connectivity index (χ1v) is 13.9. The van der Waals surface area contributed by atoms with Crippen molar-refractivity contribution in [1.29, 1.82) is 0 Å². The second-order valence-corrected chi connectivity index (χ2v) is 11.8. The summed E-state index contributed by atoms with van der Waals surface area (Å²) in [5.74, 6) is -0.233. The first-order valence-electron chi connectivity index (χ1n) is 11.3. The molecule has 1 aliphatic rings. The molecule has 0 radical (unpaired) electrons. The summed E-state index contributed by atoms with van der Waals surface area (Å²) in [5, 5.41) is 0.676. The van der Waals surface area contributed by atoms with Gasteiger partial charge in [0.2, 0.25) is 5.91 Å². The Labute approximate surface area is 220 Å². The molecule has 0 saturated carbocycles. The van der Waals surface area contributed by atoms with Crippen molar-refractivity contribution < 1.29 is 13.2 Å². The summed E-state index contributed by atoms with van der Waals surface area (Å²) in [6.07, 6.45) is 0. The third-order valence-corrected chi connectivity index (χ3v) is 8.64. The summed E-state index contributed by atoms with van der Waals surface area (Å²) < 4.78 is 29.1. The van der Waals surface area contributed by atoms with Gasteiger partial charge in [0.1, 0.15) is 6.54 Å². The molecule has 9 heteroatoms. The van der Waals surface area contributed by atoms with Crippen molar-refractivity contribution >= 4 is 54.8 Å². The molecule has 0 bridgehead atoms. The number of nitrogens with zero attached hydrogens (tertiary/aromatic N) is 3. The van der Waals surface area contributed by atoms with Gasteiger partial charge in [-0.3, -0.25) is 9.10 Å². The summed E-state index contributed by atoms with van der Waals surface area (Å²) in [7, 11) is -3.95. The average Bonchev–Trinajstić information content (AvgIpc) is 2.84. The fourth-order valence-electron chi connectivity index (χ4n) is 4.13. The highest BCUT2D eigenvalue weighted by Crippen LogP contribution is 2.28. The minimum atomic E-state index is -3.95. The molecule has 0 aliphatic carbocycles. The number of aryl methyl sites for hydroxylation is 2. The van der Waals surface area contributed by atoms with E-state index >= 15 is 0 Å². The summed E-state index contributed by atoms with van der Waals surface area (Å²) in [6, 6.07) is 19.4. The van der Waals surface area contributed by atoms with Gasteiger partial charge in [0.15, 0.2) is 0 Å². The van der Waals surface area contributed by atoms with Crippen molar-refractivity contribution in [2.45, 2.75) is 18.7 Å². The van der Waals surface area contributed by atoms with Crippen LogP contribution in [0.4, 0.5) is 11.4 Å². The van der Waals surface area contributed by atoms with Crippen LogP contribution in [0.5, 0.6) is 0 Å². The highest BCUT2D eigenvalue weighted by Gasteiger charge is 2.30. The van der Waals surface area contributed by atoms with Crippen molar-refractivity contribution in [3.8, 4) is 0 Å². The zero-order valence-corrected chi connectivity index (χ0v) is 22.8. The van der Waals surface area contributed by atoms with Gasteiger partial charge in [0.05, 0.1) is 10.6 Å². The van der Waals surface area contributed by atoms with Gasteiger partial charge in [-0.05, 0) is 61.9 Å². The van der Waals surface area contributed by atoms with E-state index in [9.17, 15) is 13.2 Å². The molecule has 0 spiro atoms. The Kier molecular flexibility index (Phi) is 7.73. The Bertz CT molecular complexity index is 1320. The van der Waals surface area contributed by atoms with Crippen molar-refractivity contribution in [2.24, 2.45) is 0 Å². The predicted molar refractivity (Wildman–Crippen MR) is 145 cm³/mol. The largest absolute Gasteiger partial charge is 0.368 e. The second-order valence-electron chi connectivity index (χ2n) is 8.60. The molecular formula is C26H27BrClN3O3S. The molecule has 0 unspecified atom stereocenters. The highest BCUT2D eigenvalue weighted by molar-refractivity contribution is 9.10. The van der Waals surface area contributed by atoms with Crippen LogP contribution >= 0.6 is 27.5 Å². The average molecular weight is 577 g/mol. The van der Waals surface area contributed by atoms with Gasteiger partial charge in [-0.2, -0.15) is 0 Å². The fraction of sp³-hybridized carbons (Fsp3) is 0.269. The SMILES string of the molecule is Cc1ccc(S(=O)(=O)N(CC(=O)N2CCN(c3cc(Cl)ccc3C)CC2)c2cccc(Br)c2)cc1. The predicted octanol–water partition coefficient (Wildman–Crippen LogP) is 5.26. The van der Waals surface area contributed by atoms with Crippen LogP contribution in [0.2, 0.25) is 5.02 Å². The third kappa shape index (κ3) is 5.82. The van der Waals surface area contributed by atoms with E-state index in [1.165, 1.54) is 4.31 Å². The van der Waals surface area contributed by atoms with E-state index < -0.39 is 10.0 Å². The Hall–Kier alpha value is -2.55. The molecule has 0 atom stereocenters. The van der Waals surface area contributed by atoms with Gasteiger partial charge in [-0.1, -0.05) is 57.4 Å². The molecule has 1 heterocycles. The summed E-state index contributed by atoms with van der Waals surface area (Å²) >= 11 is 9.60. The Morgan fingerprint density at radius 1 is 0.971 bits per heavy atom. The first kappa shape index (κ1) is 25.5. The number of hydrogen-bond donors (Lipinski definition) is 0. The Morgan fingerprint density at radius 2 is 1.66 bits per heavy atom. The number of hydrogen-bond acceptors (Lipinski definition) is 4. The van der Waals surface area contributed by atoms with Gasteiger partial charge >= 0.3 is 0 Å². The maximum Gasteiger partial charge on any atom is 0.264 e. The maximum atomic E-state index is 13.6.